The van der Waals surface area contributed by atoms with Crippen LogP contribution in [0.25, 0.3) is 0 Å². The molecule has 7 heteroatoms. The van der Waals surface area contributed by atoms with Crippen LogP contribution < -0.4 is 10.5 Å². The molecule has 0 saturated heterocycles. The summed E-state index contributed by atoms with van der Waals surface area (Å²) >= 11 is 0. The third kappa shape index (κ3) is 3.45. The van der Waals surface area contributed by atoms with Crippen molar-refractivity contribution < 1.29 is 14.8 Å². The second-order valence-electron chi connectivity index (χ2n) is 4.45. The van der Waals surface area contributed by atoms with Crippen molar-refractivity contribution in [1.29, 1.82) is 0 Å². The number of para-hydroxylation sites is 1. The molecule has 0 heterocycles. The van der Waals surface area contributed by atoms with Crippen LogP contribution in [0.2, 0.25) is 0 Å². The minimum atomic E-state index is -1.26. The number of carbonyl (C=O) groups excluding carboxylic acids is 1. The first-order valence-electron chi connectivity index (χ1n) is 6.34. The van der Waals surface area contributed by atoms with Crippen molar-refractivity contribution in [2.45, 2.75) is 6.92 Å². The van der Waals surface area contributed by atoms with Crippen molar-refractivity contribution in [3.63, 3.8) is 0 Å². The summed E-state index contributed by atoms with van der Waals surface area (Å²) in [5, 5.41) is 25.7. The van der Waals surface area contributed by atoms with Gasteiger partial charge in [-0.1, -0.05) is 24.3 Å². The fourth-order valence-electron chi connectivity index (χ4n) is 1.83. The molecule has 22 heavy (non-hydrogen) atoms. The molecule has 0 atom stereocenters. The smallest absolute Gasteiger partial charge is 0.278 e. The molecule has 112 valence electrons. The number of aromatic carboxylic acids is 1. The summed E-state index contributed by atoms with van der Waals surface area (Å²) in [4.78, 5) is 21.1. The maximum absolute atomic E-state index is 11.0. The molecule has 0 aromatic heterocycles. The van der Waals surface area contributed by atoms with E-state index in [9.17, 15) is 20.0 Å². The van der Waals surface area contributed by atoms with Crippen molar-refractivity contribution in [3.8, 4) is 0 Å². The Morgan fingerprint density at radius 3 is 2.36 bits per heavy atom. The highest BCUT2D eigenvalue weighted by Crippen LogP contribution is 2.19. The van der Waals surface area contributed by atoms with Crippen LogP contribution in [0.3, 0.4) is 0 Å². The Labute approximate surface area is 126 Å². The van der Waals surface area contributed by atoms with Gasteiger partial charge in [0.1, 0.15) is 0 Å². The van der Waals surface area contributed by atoms with Crippen LogP contribution >= 0.6 is 0 Å². The lowest BCUT2D eigenvalue weighted by Crippen LogP contribution is -2.21. The lowest BCUT2D eigenvalue weighted by atomic mass is 10.1. The third-order valence-corrected chi connectivity index (χ3v) is 2.96. The summed E-state index contributed by atoms with van der Waals surface area (Å²) in [6.07, 6.45) is 0. The summed E-state index contributed by atoms with van der Waals surface area (Å²) < 4.78 is 0. The molecule has 0 saturated carbocycles. The van der Waals surface area contributed by atoms with Crippen LogP contribution in [0.5, 0.6) is 0 Å². The van der Waals surface area contributed by atoms with Crippen LogP contribution in [-0.4, -0.2) is 16.6 Å². The summed E-state index contributed by atoms with van der Waals surface area (Å²) in [5.41, 5.74) is 4.17. The average molecular weight is 298 g/mol. The second-order valence-corrected chi connectivity index (χ2v) is 4.45. The van der Waals surface area contributed by atoms with E-state index in [4.69, 9.17) is 0 Å². The quantitative estimate of drug-likeness (QED) is 0.514. The van der Waals surface area contributed by atoms with Gasteiger partial charge in [-0.15, -0.1) is 0 Å². The molecule has 0 aliphatic carbocycles. The number of hydrogen-bond acceptors (Lipinski definition) is 6. The van der Waals surface area contributed by atoms with E-state index in [2.05, 4.69) is 10.5 Å². The second kappa shape index (κ2) is 6.49. The van der Waals surface area contributed by atoms with Gasteiger partial charge in [0.2, 0.25) is 0 Å². The van der Waals surface area contributed by atoms with Gasteiger partial charge in [-0.25, -0.2) is 0 Å². The highest BCUT2D eigenvalue weighted by atomic mass is 16.6. The predicted octanol–water partition coefficient (Wildman–Crippen LogP) is 1.79. The van der Waals surface area contributed by atoms with Gasteiger partial charge in [-0.3, -0.25) is 15.5 Å². The van der Waals surface area contributed by atoms with Crippen LogP contribution in [0.4, 0.5) is 11.4 Å². The number of hydrogen-bond donors (Lipinski definition) is 1. The molecule has 0 bridgehead atoms. The maximum Gasteiger partial charge on any atom is 0.278 e. The van der Waals surface area contributed by atoms with Gasteiger partial charge < -0.3 is 9.90 Å². The molecular weight excluding hydrogens is 286 g/mol. The Morgan fingerprint density at radius 1 is 1.14 bits per heavy atom. The minimum absolute atomic E-state index is 0.0298. The first-order valence-corrected chi connectivity index (χ1v) is 6.34. The highest BCUT2D eigenvalue weighted by Gasteiger charge is 2.14. The Hall–Kier alpha value is -3.22. The van der Waals surface area contributed by atoms with Crippen LogP contribution in [0.15, 0.2) is 53.6 Å². The zero-order chi connectivity index (χ0) is 16.1. The minimum Gasteiger partial charge on any atom is -0.545 e. The van der Waals surface area contributed by atoms with E-state index in [0.29, 0.717) is 17.0 Å². The van der Waals surface area contributed by atoms with Gasteiger partial charge in [0.15, 0.2) is 0 Å². The van der Waals surface area contributed by atoms with Crippen LogP contribution in [0.1, 0.15) is 22.8 Å². The normalized spacial score (nSPS) is 11.0. The zero-order valence-corrected chi connectivity index (χ0v) is 11.6. The Morgan fingerprint density at radius 2 is 1.77 bits per heavy atom. The Bertz CT molecular complexity index is 739. The van der Waals surface area contributed by atoms with Gasteiger partial charge in [-0.2, -0.15) is 5.10 Å². The van der Waals surface area contributed by atoms with Gasteiger partial charge in [0, 0.05) is 6.07 Å². The molecular formula is C15H12N3O4-. The van der Waals surface area contributed by atoms with Crippen LogP contribution in [-0.2, 0) is 0 Å². The standard InChI is InChI=1S/C15H13N3O4/c1-10(13-4-2-3-5-14(13)18(21)22)16-17-12-8-6-11(7-9-12)15(19)20/h2-9,17H,1H3,(H,19,20)/p-1/b16-10-. The maximum atomic E-state index is 11.0. The fraction of sp³-hybridized carbons (Fsp3) is 0.0667. The number of nitrogens with zero attached hydrogens (tertiary/aromatic N) is 2. The van der Waals surface area contributed by atoms with Gasteiger partial charge in [-0.05, 0) is 30.7 Å². The van der Waals surface area contributed by atoms with Crippen molar-refractivity contribution in [2.75, 3.05) is 5.43 Å². The van der Waals surface area contributed by atoms with Crippen molar-refractivity contribution in [3.05, 3.63) is 69.8 Å². The largest absolute Gasteiger partial charge is 0.545 e. The molecule has 0 radical (unpaired) electrons. The molecule has 0 fully saturated rings. The number of carboxylic acids is 1. The first-order chi connectivity index (χ1) is 10.5. The molecule has 0 aliphatic rings. The van der Waals surface area contributed by atoms with E-state index in [1.165, 1.54) is 30.3 Å². The van der Waals surface area contributed by atoms with E-state index >= 15 is 0 Å². The lowest BCUT2D eigenvalue weighted by Gasteiger charge is -2.06. The molecule has 2 aromatic carbocycles. The Balaban J connectivity index is 2.19. The average Bonchev–Trinajstić information content (AvgIpc) is 2.53. The lowest BCUT2D eigenvalue weighted by molar-refractivity contribution is -0.385. The molecule has 0 spiro atoms. The first kappa shape index (κ1) is 15.2. The molecule has 2 rings (SSSR count). The topological polar surface area (TPSA) is 108 Å². The highest BCUT2D eigenvalue weighted by molar-refractivity contribution is 6.02. The number of nitro groups is 1. The van der Waals surface area contributed by atoms with Crippen molar-refractivity contribution in [2.24, 2.45) is 5.10 Å². The number of nitro benzene ring substituents is 1. The number of anilines is 1. The van der Waals surface area contributed by atoms with E-state index in [0.717, 1.165) is 0 Å². The van der Waals surface area contributed by atoms with Crippen LogP contribution in [0, 0.1) is 10.1 Å². The third-order valence-electron chi connectivity index (χ3n) is 2.96. The van der Waals surface area contributed by atoms with E-state index in [1.54, 1.807) is 25.1 Å². The molecule has 0 amide bonds. The van der Waals surface area contributed by atoms with E-state index < -0.39 is 10.9 Å². The molecule has 1 N–H and O–H groups in total. The van der Waals surface area contributed by atoms with Gasteiger partial charge in [0.25, 0.3) is 5.69 Å². The van der Waals surface area contributed by atoms with Crippen molar-refractivity contribution >= 4 is 23.1 Å². The molecule has 7 nitrogen and oxygen atoms in total. The molecule has 0 aliphatic heterocycles. The van der Waals surface area contributed by atoms with E-state index in [-0.39, 0.29) is 11.3 Å². The SMILES string of the molecule is C/C(=N/Nc1ccc(C(=O)[O-])cc1)c1ccccc1[N+](=O)[O-]. The van der Waals surface area contributed by atoms with Gasteiger partial charge >= 0.3 is 0 Å². The zero-order valence-electron chi connectivity index (χ0n) is 11.6. The predicted molar refractivity (Wildman–Crippen MR) is 79.7 cm³/mol. The van der Waals surface area contributed by atoms with Gasteiger partial charge in [0.05, 0.1) is 27.9 Å². The molecule has 2 aromatic rings. The van der Waals surface area contributed by atoms with E-state index in [1.807, 2.05) is 0 Å². The van der Waals surface area contributed by atoms with Crippen molar-refractivity contribution in [1.82, 2.24) is 0 Å². The monoisotopic (exact) mass is 298 g/mol. The molecule has 0 unspecified atom stereocenters. The summed E-state index contributed by atoms with van der Waals surface area (Å²) in [6.45, 7) is 1.64. The summed E-state index contributed by atoms with van der Waals surface area (Å²) in [7, 11) is 0. The summed E-state index contributed by atoms with van der Waals surface area (Å²) in [6, 6.07) is 12.1. The number of hydrazone groups is 1. The fourth-order valence-corrected chi connectivity index (χ4v) is 1.83. The number of benzene rings is 2. The number of carbonyl (C=O) groups is 1. The number of carboxylic acid groups (broad SMARTS) is 1. The number of nitrogens with one attached hydrogen (secondary N) is 1. The number of rotatable bonds is 5. The summed E-state index contributed by atoms with van der Waals surface area (Å²) in [5.74, 6) is -1.26. The Kier molecular flexibility index (Phi) is 4.47.